The van der Waals surface area contributed by atoms with Gasteiger partial charge >= 0.3 is 0 Å². The van der Waals surface area contributed by atoms with Crippen molar-refractivity contribution in [2.75, 3.05) is 11.9 Å². The van der Waals surface area contributed by atoms with Crippen molar-refractivity contribution >= 4 is 11.6 Å². The number of nitrogens with one attached hydrogen (secondary N) is 1. The Kier molecular flexibility index (Phi) is 6.21. The van der Waals surface area contributed by atoms with Crippen LogP contribution in [0.5, 0.6) is 11.5 Å². The van der Waals surface area contributed by atoms with Crippen molar-refractivity contribution in [2.45, 2.75) is 6.61 Å². The number of benzene rings is 3. The zero-order valence-electron chi connectivity index (χ0n) is 14.9. The lowest BCUT2D eigenvalue weighted by Gasteiger charge is -2.13. The van der Waals surface area contributed by atoms with E-state index in [1.54, 1.807) is 36.4 Å². The van der Waals surface area contributed by atoms with Gasteiger partial charge in [0.05, 0.1) is 17.3 Å². The lowest BCUT2D eigenvalue weighted by molar-refractivity contribution is -0.118. The molecule has 0 fully saturated rings. The molecule has 0 atom stereocenters. The lowest BCUT2D eigenvalue weighted by Crippen LogP contribution is -2.20. The number of hydrogen-bond acceptors (Lipinski definition) is 4. The molecule has 3 aromatic rings. The maximum Gasteiger partial charge on any atom is 0.262 e. The van der Waals surface area contributed by atoms with E-state index in [4.69, 9.17) is 14.7 Å². The van der Waals surface area contributed by atoms with Crippen LogP contribution in [0.15, 0.2) is 72.8 Å². The van der Waals surface area contributed by atoms with Gasteiger partial charge in [0, 0.05) is 5.56 Å². The predicted octanol–water partition coefficient (Wildman–Crippen LogP) is 4.29. The zero-order valence-corrected chi connectivity index (χ0v) is 14.9. The molecule has 140 valence electrons. The molecule has 0 aliphatic rings. The summed E-state index contributed by atoms with van der Waals surface area (Å²) in [7, 11) is 0. The van der Waals surface area contributed by atoms with Gasteiger partial charge in [-0.25, -0.2) is 4.39 Å². The second-order valence-corrected chi connectivity index (χ2v) is 5.85. The Morgan fingerprint density at radius 1 is 1.00 bits per heavy atom. The molecule has 0 radical (unpaired) electrons. The van der Waals surface area contributed by atoms with Crippen LogP contribution in [0.2, 0.25) is 0 Å². The van der Waals surface area contributed by atoms with Crippen LogP contribution in [0.25, 0.3) is 0 Å². The summed E-state index contributed by atoms with van der Waals surface area (Å²) < 4.78 is 25.1. The van der Waals surface area contributed by atoms with E-state index in [0.29, 0.717) is 22.7 Å². The van der Waals surface area contributed by atoms with E-state index in [0.717, 1.165) is 6.07 Å². The molecule has 0 unspecified atom stereocenters. The van der Waals surface area contributed by atoms with E-state index < -0.39 is 5.82 Å². The molecule has 0 spiro atoms. The van der Waals surface area contributed by atoms with E-state index in [9.17, 15) is 9.18 Å². The Balaban J connectivity index is 1.61. The van der Waals surface area contributed by atoms with Crippen LogP contribution in [-0.2, 0) is 11.4 Å². The molecule has 28 heavy (non-hydrogen) atoms. The Hall–Kier alpha value is -3.85. The fraction of sp³-hybridized carbons (Fsp3) is 0.0909. The van der Waals surface area contributed by atoms with Gasteiger partial charge in [0.15, 0.2) is 6.61 Å². The Morgan fingerprint density at radius 3 is 2.50 bits per heavy atom. The molecule has 0 bridgehead atoms. The second kappa shape index (κ2) is 9.19. The highest BCUT2D eigenvalue weighted by Gasteiger charge is 2.10. The fourth-order valence-electron chi connectivity index (χ4n) is 2.44. The number of nitriles is 1. The number of carbonyl (C=O) groups excluding carboxylic acids is 1. The summed E-state index contributed by atoms with van der Waals surface area (Å²) >= 11 is 0. The van der Waals surface area contributed by atoms with Crippen LogP contribution >= 0.6 is 0 Å². The SMILES string of the molecule is N#Cc1ccc(COc2ccccc2NC(=O)COc2ccccc2)c(F)c1. The van der Waals surface area contributed by atoms with Gasteiger partial charge in [0.1, 0.15) is 23.9 Å². The molecule has 6 heteroatoms. The lowest BCUT2D eigenvalue weighted by atomic mass is 10.1. The van der Waals surface area contributed by atoms with Crippen LogP contribution in [0.3, 0.4) is 0 Å². The summed E-state index contributed by atoms with van der Waals surface area (Å²) in [6.07, 6.45) is 0. The third-order valence-electron chi connectivity index (χ3n) is 3.84. The molecule has 3 rings (SSSR count). The van der Waals surface area contributed by atoms with Crippen molar-refractivity contribution in [3.05, 3.63) is 89.7 Å². The van der Waals surface area contributed by atoms with Gasteiger partial charge in [-0.3, -0.25) is 4.79 Å². The molecular weight excluding hydrogens is 359 g/mol. The van der Waals surface area contributed by atoms with Crippen LogP contribution in [0.1, 0.15) is 11.1 Å². The quantitative estimate of drug-likeness (QED) is 0.668. The van der Waals surface area contributed by atoms with E-state index in [1.165, 1.54) is 12.1 Å². The standard InChI is InChI=1S/C22H17FN2O3/c23-19-12-16(13-24)10-11-17(19)14-28-21-9-5-4-8-20(21)25-22(26)15-27-18-6-2-1-3-7-18/h1-12H,14-15H2,(H,25,26). The second-order valence-electron chi connectivity index (χ2n) is 5.85. The Labute approximate surface area is 162 Å². The summed E-state index contributed by atoms with van der Waals surface area (Å²) in [5.74, 6) is 0.138. The molecule has 1 N–H and O–H groups in total. The van der Waals surface area contributed by atoms with Crippen molar-refractivity contribution < 1.29 is 18.7 Å². The first-order valence-electron chi connectivity index (χ1n) is 8.54. The number of amides is 1. The minimum absolute atomic E-state index is 0.0368. The summed E-state index contributed by atoms with van der Waals surface area (Å²) in [6.45, 7) is -0.187. The third kappa shape index (κ3) is 5.08. The molecule has 3 aromatic carbocycles. The van der Waals surface area contributed by atoms with Crippen molar-refractivity contribution in [2.24, 2.45) is 0 Å². The number of anilines is 1. The number of halogens is 1. The highest BCUT2D eigenvalue weighted by Crippen LogP contribution is 2.25. The number of hydrogen-bond donors (Lipinski definition) is 1. The zero-order chi connectivity index (χ0) is 19.8. The van der Waals surface area contributed by atoms with Gasteiger partial charge in [-0.2, -0.15) is 5.26 Å². The molecule has 0 saturated heterocycles. The summed E-state index contributed by atoms with van der Waals surface area (Å²) in [4.78, 5) is 12.2. The molecule has 0 heterocycles. The van der Waals surface area contributed by atoms with Crippen LogP contribution in [0.4, 0.5) is 10.1 Å². The first-order valence-corrected chi connectivity index (χ1v) is 8.54. The highest BCUT2D eigenvalue weighted by atomic mass is 19.1. The van der Waals surface area contributed by atoms with Crippen molar-refractivity contribution in [3.8, 4) is 17.6 Å². The largest absolute Gasteiger partial charge is 0.487 e. The number of para-hydroxylation sites is 3. The maximum absolute atomic E-state index is 14.0. The maximum atomic E-state index is 14.0. The van der Waals surface area contributed by atoms with Gasteiger partial charge in [0.25, 0.3) is 5.91 Å². The molecule has 0 saturated carbocycles. The van der Waals surface area contributed by atoms with Crippen LogP contribution in [0, 0.1) is 17.1 Å². The highest BCUT2D eigenvalue weighted by molar-refractivity contribution is 5.93. The van der Waals surface area contributed by atoms with E-state index in [-0.39, 0.29) is 24.7 Å². The number of nitrogens with zero attached hydrogens (tertiary/aromatic N) is 1. The molecule has 0 aromatic heterocycles. The number of rotatable bonds is 7. The average molecular weight is 376 g/mol. The minimum atomic E-state index is -0.517. The first-order chi connectivity index (χ1) is 13.7. The van der Waals surface area contributed by atoms with E-state index in [2.05, 4.69) is 5.32 Å². The summed E-state index contributed by atoms with van der Waals surface area (Å²) in [5.41, 5.74) is 1.01. The Bertz CT molecular complexity index is 1000. The van der Waals surface area contributed by atoms with Crippen LogP contribution in [-0.4, -0.2) is 12.5 Å². The fourth-order valence-corrected chi connectivity index (χ4v) is 2.44. The average Bonchev–Trinajstić information content (AvgIpc) is 2.73. The van der Waals surface area contributed by atoms with E-state index >= 15 is 0 Å². The summed E-state index contributed by atoms with van der Waals surface area (Å²) in [5, 5.41) is 11.5. The van der Waals surface area contributed by atoms with Gasteiger partial charge in [0.2, 0.25) is 0 Å². The first kappa shape index (κ1) is 18.9. The minimum Gasteiger partial charge on any atom is -0.487 e. The molecule has 0 aliphatic carbocycles. The Morgan fingerprint density at radius 2 is 1.75 bits per heavy atom. The summed E-state index contributed by atoms with van der Waals surface area (Å²) in [6, 6.07) is 22.0. The van der Waals surface area contributed by atoms with Gasteiger partial charge in [-0.1, -0.05) is 36.4 Å². The van der Waals surface area contributed by atoms with Gasteiger partial charge in [-0.05, 0) is 36.4 Å². The number of carbonyl (C=O) groups is 1. The normalized spacial score (nSPS) is 10.0. The van der Waals surface area contributed by atoms with Crippen molar-refractivity contribution in [1.82, 2.24) is 0 Å². The monoisotopic (exact) mass is 376 g/mol. The third-order valence-corrected chi connectivity index (χ3v) is 3.84. The van der Waals surface area contributed by atoms with Crippen LogP contribution < -0.4 is 14.8 Å². The van der Waals surface area contributed by atoms with Crippen molar-refractivity contribution in [3.63, 3.8) is 0 Å². The topological polar surface area (TPSA) is 71.3 Å². The van der Waals surface area contributed by atoms with Crippen molar-refractivity contribution in [1.29, 1.82) is 5.26 Å². The smallest absolute Gasteiger partial charge is 0.262 e. The van der Waals surface area contributed by atoms with Gasteiger partial charge in [-0.15, -0.1) is 0 Å². The molecule has 5 nitrogen and oxygen atoms in total. The molecular formula is C22H17FN2O3. The van der Waals surface area contributed by atoms with Gasteiger partial charge < -0.3 is 14.8 Å². The number of ether oxygens (including phenoxy) is 2. The van der Waals surface area contributed by atoms with E-state index in [1.807, 2.05) is 24.3 Å². The predicted molar refractivity (Wildman–Crippen MR) is 102 cm³/mol. The molecule has 0 aliphatic heterocycles. The molecule has 1 amide bonds.